The highest BCUT2D eigenvalue weighted by Gasteiger charge is 2.24. The largest absolute Gasteiger partial charge is 0.455 e. The Hall–Kier alpha value is -1.57. The van der Waals surface area contributed by atoms with E-state index >= 15 is 0 Å². The van der Waals surface area contributed by atoms with Gasteiger partial charge in [0.1, 0.15) is 5.76 Å². The van der Waals surface area contributed by atoms with Crippen molar-refractivity contribution in [1.82, 2.24) is 15.3 Å². The summed E-state index contributed by atoms with van der Waals surface area (Å²) in [5, 5.41) is 3.65. The molecule has 3 N–H and O–H groups in total. The summed E-state index contributed by atoms with van der Waals surface area (Å²) in [4.78, 5) is 20.4. The van der Waals surface area contributed by atoms with Gasteiger partial charge in [-0.05, 0) is 37.5 Å². The van der Waals surface area contributed by atoms with Crippen LogP contribution in [0.25, 0.3) is 0 Å². The van der Waals surface area contributed by atoms with Crippen molar-refractivity contribution in [3.8, 4) is 0 Å². The van der Waals surface area contributed by atoms with E-state index in [1.54, 1.807) is 24.5 Å². The second-order valence-electron chi connectivity index (χ2n) is 5.33. The molecule has 0 radical (unpaired) electrons. The lowest BCUT2D eigenvalue weighted by molar-refractivity contribution is 0.0908. The fourth-order valence-corrected chi connectivity index (χ4v) is 3.17. The van der Waals surface area contributed by atoms with Gasteiger partial charge in [-0.15, -0.1) is 12.4 Å². The van der Waals surface area contributed by atoms with Crippen LogP contribution in [0.5, 0.6) is 0 Å². The van der Waals surface area contributed by atoms with Gasteiger partial charge in [-0.2, -0.15) is 0 Å². The molecule has 0 spiro atoms. The van der Waals surface area contributed by atoms with E-state index in [9.17, 15) is 4.79 Å². The van der Waals surface area contributed by atoms with Crippen LogP contribution in [0.1, 0.15) is 35.6 Å². The van der Waals surface area contributed by atoms with Gasteiger partial charge in [0.15, 0.2) is 10.9 Å². The molecule has 124 valence electrons. The Labute approximate surface area is 145 Å². The van der Waals surface area contributed by atoms with E-state index in [0.29, 0.717) is 16.7 Å². The minimum Gasteiger partial charge on any atom is -0.455 e. The van der Waals surface area contributed by atoms with Crippen LogP contribution in [-0.4, -0.2) is 28.0 Å². The number of carbonyl (C=O) groups is 1. The van der Waals surface area contributed by atoms with E-state index in [-0.39, 0.29) is 30.4 Å². The summed E-state index contributed by atoms with van der Waals surface area (Å²) in [6.45, 7) is 0. The van der Waals surface area contributed by atoms with Gasteiger partial charge in [-0.1, -0.05) is 11.8 Å². The minimum atomic E-state index is -0.175. The number of carbonyl (C=O) groups excluding carboxylic acids is 1. The normalized spacial score (nSPS) is 20.0. The summed E-state index contributed by atoms with van der Waals surface area (Å²) in [5.74, 6) is 1.48. The monoisotopic (exact) mass is 354 g/mol. The van der Waals surface area contributed by atoms with Gasteiger partial charge in [0.05, 0.1) is 5.75 Å². The first-order valence-electron chi connectivity index (χ1n) is 7.25. The summed E-state index contributed by atoms with van der Waals surface area (Å²) >= 11 is 1.47. The third-order valence-electron chi connectivity index (χ3n) is 3.58. The van der Waals surface area contributed by atoms with Gasteiger partial charge in [0, 0.05) is 24.5 Å². The molecule has 0 bridgehead atoms. The van der Waals surface area contributed by atoms with Crippen molar-refractivity contribution in [3.05, 3.63) is 42.1 Å². The standard InChI is InChI=1S/C15H18N4O2S.ClH/c16-10-2-3-11(8-10)19-14(20)13-5-4-12(21-13)9-22-15-17-6-1-7-18-15;/h1,4-7,10-11H,2-3,8-9,16H2,(H,19,20);1H/t10-,11-;/m1./s1. The van der Waals surface area contributed by atoms with Gasteiger partial charge < -0.3 is 15.5 Å². The number of halogens is 1. The highest BCUT2D eigenvalue weighted by Crippen LogP contribution is 2.21. The van der Waals surface area contributed by atoms with E-state index in [2.05, 4.69) is 15.3 Å². The van der Waals surface area contributed by atoms with Crippen LogP contribution in [0, 0.1) is 0 Å². The van der Waals surface area contributed by atoms with Crippen LogP contribution in [0.4, 0.5) is 0 Å². The molecular weight excluding hydrogens is 336 g/mol. The molecule has 1 amide bonds. The van der Waals surface area contributed by atoms with E-state index < -0.39 is 0 Å². The third kappa shape index (κ3) is 4.95. The lowest BCUT2D eigenvalue weighted by atomic mass is 10.2. The predicted octanol–water partition coefficient (Wildman–Crippen LogP) is 2.39. The fraction of sp³-hybridized carbons (Fsp3) is 0.400. The van der Waals surface area contributed by atoms with Crippen molar-refractivity contribution < 1.29 is 9.21 Å². The minimum absolute atomic E-state index is 0. The van der Waals surface area contributed by atoms with Gasteiger partial charge in [0.25, 0.3) is 5.91 Å². The molecule has 1 fully saturated rings. The molecule has 2 aromatic heterocycles. The number of thioether (sulfide) groups is 1. The number of nitrogens with two attached hydrogens (primary N) is 1. The van der Waals surface area contributed by atoms with Crippen LogP contribution in [0.15, 0.2) is 40.2 Å². The molecule has 2 heterocycles. The average Bonchev–Trinajstić information content (AvgIpc) is 3.15. The second kappa shape index (κ2) is 8.33. The lowest BCUT2D eigenvalue weighted by Gasteiger charge is -2.10. The zero-order chi connectivity index (χ0) is 15.4. The Kier molecular flexibility index (Phi) is 6.44. The Morgan fingerprint density at radius 3 is 2.83 bits per heavy atom. The van der Waals surface area contributed by atoms with Crippen molar-refractivity contribution in [2.75, 3.05) is 0 Å². The Morgan fingerprint density at radius 1 is 1.35 bits per heavy atom. The van der Waals surface area contributed by atoms with E-state index in [1.807, 2.05) is 6.07 Å². The van der Waals surface area contributed by atoms with Crippen molar-refractivity contribution in [2.24, 2.45) is 5.73 Å². The third-order valence-corrected chi connectivity index (χ3v) is 4.48. The maximum absolute atomic E-state index is 12.1. The van der Waals surface area contributed by atoms with Crippen LogP contribution in [-0.2, 0) is 5.75 Å². The maximum atomic E-state index is 12.1. The Bertz CT molecular complexity index is 637. The van der Waals surface area contributed by atoms with Gasteiger partial charge in [-0.25, -0.2) is 9.97 Å². The summed E-state index contributed by atoms with van der Waals surface area (Å²) in [6.07, 6.45) is 6.12. The van der Waals surface area contributed by atoms with Crippen LogP contribution >= 0.6 is 24.2 Å². The van der Waals surface area contributed by atoms with E-state index in [0.717, 1.165) is 25.0 Å². The molecule has 23 heavy (non-hydrogen) atoms. The van der Waals surface area contributed by atoms with E-state index in [1.165, 1.54) is 11.8 Å². The maximum Gasteiger partial charge on any atom is 0.287 e. The molecule has 6 nitrogen and oxygen atoms in total. The topological polar surface area (TPSA) is 94.0 Å². The van der Waals surface area contributed by atoms with Crippen molar-refractivity contribution in [2.45, 2.75) is 42.3 Å². The number of hydrogen-bond acceptors (Lipinski definition) is 6. The van der Waals surface area contributed by atoms with Gasteiger partial charge in [0.2, 0.25) is 0 Å². The van der Waals surface area contributed by atoms with Crippen LogP contribution in [0.2, 0.25) is 0 Å². The first-order valence-corrected chi connectivity index (χ1v) is 8.24. The zero-order valence-corrected chi connectivity index (χ0v) is 14.1. The Morgan fingerprint density at radius 2 is 2.13 bits per heavy atom. The molecule has 1 aliphatic rings. The lowest BCUT2D eigenvalue weighted by Crippen LogP contribution is -2.33. The molecule has 2 atom stereocenters. The molecule has 1 aliphatic carbocycles. The quantitative estimate of drug-likeness (QED) is 0.632. The van der Waals surface area contributed by atoms with Crippen LogP contribution < -0.4 is 11.1 Å². The molecule has 1 saturated carbocycles. The smallest absolute Gasteiger partial charge is 0.287 e. The summed E-state index contributed by atoms with van der Waals surface area (Å²) in [5.41, 5.74) is 5.85. The van der Waals surface area contributed by atoms with Crippen molar-refractivity contribution in [1.29, 1.82) is 0 Å². The summed E-state index contributed by atoms with van der Waals surface area (Å²) < 4.78 is 5.58. The molecule has 8 heteroatoms. The zero-order valence-electron chi connectivity index (χ0n) is 12.5. The van der Waals surface area contributed by atoms with E-state index in [4.69, 9.17) is 10.2 Å². The number of amides is 1. The molecule has 2 aromatic rings. The number of aromatic nitrogens is 2. The highest BCUT2D eigenvalue weighted by molar-refractivity contribution is 7.98. The van der Waals surface area contributed by atoms with Crippen molar-refractivity contribution in [3.63, 3.8) is 0 Å². The fourth-order valence-electron chi connectivity index (χ4n) is 2.48. The summed E-state index contributed by atoms with van der Waals surface area (Å²) in [7, 11) is 0. The molecular formula is C15H19ClN4O2S. The molecule has 0 aliphatic heterocycles. The molecule has 0 unspecified atom stereocenters. The highest BCUT2D eigenvalue weighted by atomic mass is 35.5. The van der Waals surface area contributed by atoms with Crippen LogP contribution in [0.3, 0.4) is 0 Å². The Balaban J connectivity index is 0.00000192. The van der Waals surface area contributed by atoms with Crippen molar-refractivity contribution >= 4 is 30.1 Å². The number of rotatable bonds is 5. The molecule has 0 aromatic carbocycles. The summed E-state index contributed by atoms with van der Waals surface area (Å²) in [6, 6.07) is 5.63. The first kappa shape index (κ1) is 17.8. The number of nitrogens with zero attached hydrogens (tertiary/aromatic N) is 2. The first-order chi connectivity index (χ1) is 10.7. The van der Waals surface area contributed by atoms with Gasteiger partial charge >= 0.3 is 0 Å². The second-order valence-corrected chi connectivity index (χ2v) is 6.27. The molecule has 0 saturated heterocycles. The number of nitrogens with one attached hydrogen (secondary N) is 1. The molecule has 3 rings (SSSR count). The SMILES string of the molecule is Cl.N[C@@H]1CC[C@@H](NC(=O)c2ccc(CSc3ncccn3)o2)C1. The van der Waals surface area contributed by atoms with Gasteiger partial charge in [-0.3, -0.25) is 4.79 Å². The predicted molar refractivity (Wildman–Crippen MR) is 90.6 cm³/mol. The number of hydrogen-bond donors (Lipinski definition) is 2. The number of furan rings is 1. The average molecular weight is 355 g/mol.